The Morgan fingerprint density at radius 2 is 1.70 bits per heavy atom. The fourth-order valence-corrected chi connectivity index (χ4v) is 4.31. The molecule has 1 N–H and O–H groups in total. The average molecular weight is 542 g/mol. The summed E-state index contributed by atoms with van der Waals surface area (Å²) in [5.41, 5.74) is -0.620. The summed E-state index contributed by atoms with van der Waals surface area (Å²) >= 11 is 5.94. The Morgan fingerprint density at radius 1 is 1.00 bits per heavy atom. The minimum absolute atomic E-state index is 0.00440. The van der Waals surface area contributed by atoms with Crippen LogP contribution in [0.4, 0.5) is 36.8 Å². The Morgan fingerprint density at radius 3 is 2.32 bits per heavy atom. The maximum atomic E-state index is 13.2. The molecule has 0 aromatic heterocycles. The second-order valence-electron chi connectivity index (χ2n) is 8.40. The molecule has 0 saturated carbocycles. The fraction of sp³-hybridized carbons (Fsp3) is 0.200. The van der Waals surface area contributed by atoms with E-state index in [-0.39, 0.29) is 17.8 Å². The van der Waals surface area contributed by atoms with Crippen molar-refractivity contribution in [3.05, 3.63) is 94.5 Å². The number of hydrazone groups is 1. The highest BCUT2D eigenvalue weighted by Crippen LogP contribution is 2.39. The van der Waals surface area contributed by atoms with Crippen LogP contribution in [0.15, 0.2) is 77.9 Å². The van der Waals surface area contributed by atoms with Gasteiger partial charge >= 0.3 is 18.6 Å². The molecule has 0 radical (unpaired) electrons. The molecule has 1 aliphatic rings. The first-order chi connectivity index (χ1) is 17.3. The van der Waals surface area contributed by atoms with E-state index in [1.54, 1.807) is 37.3 Å². The molecule has 1 heterocycles. The number of alkyl halides is 6. The molecule has 2 amide bonds. The van der Waals surface area contributed by atoms with E-state index >= 15 is 0 Å². The van der Waals surface area contributed by atoms with Crippen LogP contribution in [0.1, 0.15) is 23.6 Å². The predicted molar refractivity (Wildman–Crippen MR) is 126 cm³/mol. The number of nitrogens with zero attached hydrogens (tertiary/aromatic N) is 2. The summed E-state index contributed by atoms with van der Waals surface area (Å²) in [4.78, 5) is 13.0. The van der Waals surface area contributed by atoms with Crippen molar-refractivity contribution in [2.75, 3.05) is 11.9 Å². The van der Waals surface area contributed by atoms with Gasteiger partial charge in [0.15, 0.2) is 0 Å². The minimum Gasteiger partial charge on any atom is -0.406 e. The van der Waals surface area contributed by atoms with Crippen molar-refractivity contribution in [3.63, 3.8) is 0 Å². The molecule has 0 aliphatic carbocycles. The van der Waals surface area contributed by atoms with Crippen LogP contribution in [-0.4, -0.2) is 29.7 Å². The molecule has 1 atom stereocenters. The summed E-state index contributed by atoms with van der Waals surface area (Å²) in [6, 6.07) is 16.1. The third-order valence-electron chi connectivity index (χ3n) is 5.72. The van der Waals surface area contributed by atoms with Gasteiger partial charge < -0.3 is 10.1 Å². The topological polar surface area (TPSA) is 53.9 Å². The van der Waals surface area contributed by atoms with Crippen LogP contribution in [-0.2, 0) is 11.6 Å². The number of hydrogen-bond acceptors (Lipinski definition) is 3. The lowest BCUT2D eigenvalue weighted by Crippen LogP contribution is -2.38. The largest absolute Gasteiger partial charge is 0.573 e. The highest BCUT2D eigenvalue weighted by atomic mass is 35.5. The average Bonchev–Trinajstić information content (AvgIpc) is 3.17. The van der Waals surface area contributed by atoms with Crippen molar-refractivity contribution < 1.29 is 35.9 Å². The summed E-state index contributed by atoms with van der Waals surface area (Å²) < 4.78 is 81.2. The van der Waals surface area contributed by atoms with Crippen molar-refractivity contribution in [2.45, 2.75) is 24.9 Å². The van der Waals surface area contributed by atoms with Crippen LogP contribution < -0.4 is 10.1 Å². The van der Waals surface area contributed by atoms with Crippen LogP contribution in [0.5, 0.6) is 5.75 Å². The lowest BCUT2D eigenvalue weighted by Gasteiger charge is -2.27. The maximum absolute atomic E-state index is 13.2. The molecule has 0 spiro atoms. The lowest BCUT2D eigenvalue weighted by molar-refractivity contribution is -0.274. The predicted octanol–water partition coefficient (Wildman–Crippen LogP) is 7.47. The first-order valence-corrected chi connectivity index (χ1v) is 11.1. The van der Waals surface area contributed by atoms with Gasteiger partial charge in [-0.25, -0.2) is 9.80 Å². The zero-order valence-corrected chi connectivity index (χ0v) is 19.7. The molecule has 0 bridgehead atoms. The number of hydrogen-bond donors (Lipinski definition) is 1. The second kappa shape index (κ2) is 9.62. The van der Waals surface area contributed by atoms with Crippen LogP contribution in [0.2, 0.25) is 5.02 Å². The van der Waals surface area contributed by atoms with Crippen molar-refractivity contribution in [1.29, 1.82) is 0 Å². The van der Waals surface area contributed by atoms with Crippen molar-refractivity contribution >= 4 is 29.0 Å². The van der Waals surface area contributed by atoms with Gasteiger partial charge in [0.1, 0.15) is 5.75 Å². The maximum Gasteiger partial charge on any atom is 0.573 e. The minimum atomic E-state index is -4.91. The molecule has 5 nitrogen and oxygen atoms in total. The highest BCUT2D eigenvalue weighted by molar-refractivity contribution is 6.32. The first-order valence-electron chi connectivity index (χ1n) is 10.7. The van der Waals surface area contributed by atoms with Crippen molar-refractivity contribution in [3.8, 4) is 5.75 Å². The number of carbonyl (C=O) groups is 1. The number of rotatable bonds is 4. The Kier molecular flexibility index (Phi) is 6.85. The number of amides is 2. The number of anilines is 1. The molecule has 1 aliphatic heterocycles. The summed E-state index contributed by atoms with van der Waals surface area (Å²) in [5.74, 6) is -0.524. The van der Waals surface area contributed by atoms with E-state index in [0.717, 1.165) is 34.8 Å². The summed E-state index contributed by atoms with van der Waals surface area (Å²) in [6.07, 6.45) is -9.55. The van der Waals surface area contributed by atoms with E-state index in [4.69, 9.17) is 11.6 Å². The van der Waals surface area contributed by atoms with Crippen LogP contribution in [0.25, 0.3) is 0 Å². The molecule has 4 rings (SSSR count). The quantitative estimate of drug-likeness (QED) is 0.348. The Hall–Kier alpha value is -3.73. The molecule has 0 saturated heterocycles. The summed E-state index contributed by atoms with van der Waals surface area (Å²) in [6.45, 7) is 1.77. The number of halogens is 7. The smallest absolute Gasteiger partial charge is 0.406 e. The number of carbonyl (C=O) groups excluding carboxylic acids is 1. The monoisotopic (exact) mass is 541 g/mol. The van der Waals surface area contributed by atoms with Crippen LogP contribution in [0.3, 0.4) is 0 Å². The standard InChI is InChI=1S/C25H18ClF6N3O2/c1-23(16-6-3-2-4-7-16)14-35(22(36)33-17-8-5-9-18(13-17)37-25(30,31)32)34-21(23)15-10-11-19(20(26)12-15)24(27,28)29/h2-13H,14H2,1H3,(H,33,36). The molecule has 12 heteroatoms. The number of ether oxygens (including phenoxy) is 1. The third-order valence-corrected chi connectivity index (χ3v) is 6.03. The SMILES string of the molecule is CC1(c2ccccc2)CN(C(=O)Nc2cccc(OC(F)(F)F)c2)N=C1c1ccc(C(F)(F)F)c(Cl)c1. The number of benzene rings is 3. The van der Waals surface area contributed by atoms with Gasteiger partial charge in [0.25, 0.3) is 0 Å². The molecule has 0 fully saturated rings. The van der Waals surface area contributed by atoms with Gasteiger partial charge in [0.2, 0.25) is 0 Å². The van der Waals surface area contributed by atoms with E-state index < -0.39 is 40.3 Å². The van der Waals surface area contributed by atoms with Gasteiger partial charge in [0.05, 0.1) is 28.3 Å². The van der Waals surface area contributed by atoms with Gasteiger partial charge in [-0.2, -0.15) is 18.3 Å². The zero-order valence-electron chi connectivity index (χ0n) is 19.0. The third kappa shape index (κ3) is 5.82. The van der Waals surface area contributed by atoms with E-state index in [9.17, 15) is 31.1 Å². The Bertz CT molecular complexity index is 1340. The van der Waals surface area contributed by atoms with Gasteiger partial charge in [-0.3, -0.25) is 0 Å². The fourth-order valence-electron chi connectivity index (χ4n) is 4.02. The van der Waals surface area contributed by atoms with E-state index in [1.165, 1.54) is 18.2 Å². The normalized spacial score (nSPS) is 17.9. The molecular formula is C25H18ClF6N3O2. The highest BCUT2D eigenvalue weighted by Gasteiger charge is 2.43. The summed E-state index contributed by atoms with van der Waals surface area (Å²) in [7, 11) is 0. The van der Waals surface area contributed by atoms with E-state index in [0.29, 0.717) is 5.71 Å². The second-order valence-corrected chi connectivity index (χ2v) is 8.81. The molecule has 1 unspecified atom stereocenters. The van der Waals surface area contributed by atoms with E-state index in [1.807, 2.05) is 0 Å². The Labute approximate surface area is 212 Å². The summed E-state index contributed by atoms with van der Waals surface area (Å²) in [5, 5.41) is 7.39. The molecular weight excluding hydrogens is 524 g/mol. The number of nitrogens with one attached hydrogen (secondary N) is 1. The van der Waals surface area contributed by atoms with Gasteiger partial charge in [-0.1, -0.05) is 54.1 Å². The van der Waals surface area contributed by atoms with E-state index in [2.05, 4.69) is 15.2 Å². The molecule has 3 aromatic carbocycles. The van der Waals surface area contributed by atoms with Gasteiger partial charge in [-0.15, -0.1) is 13.2 Å². The molecule has 3 aromatic rings. The van der Waals surface area contributed by atoms with Crippen molar-refractivity contribution in [2.24, 2.45) is 5.10 Å². The van der Waals surface area contributed by atoms with Gasteiger partial charge in [0, 0.05) is 17.3 Å². The zero-order chi connectivity index (χ0) is 27.0. The van der Waals surface area contributed by atoms with Crippen molar-refractivity contribution in [1.82, 2.24) is 5.01 Å². The van der Waals surface area contributed by atoms with Crippen LogP contribution >= 0.6 is 11.6 Å². The molecule has 194 valence electrons. The molecule has 37 heavy (non-hydrogen) atoms. The number of urea groups is 1. The first kappa shape index (κ1) is 26.3. The lowest BCUT2D eigenvalue weighted by atomic mass is 9.76. The Balaban J connectivity index is 1.67. The van der Waals surface area contributed by atoms with Gasteiger partial charge in [-0.05, 0) is 36.8 Å². The van der Waals surface area contributed by atoms with Crippen LogP contribution in [0, 0.1) is 0 Å².